The Hall–Kier alpha value is -7.25. The Bertz CT molecular complexity index is 2610. The van der Waals surface area contributed by atoms with Gasteiger partial charge >= 0.3 is 16.6 Å². The highest BCUT2D eigenvalue weighted by Crippen LogP contribution is 2.46. The molecule has 4 heteroatoms. The SMILES string of the molecule is c1ccc([Si](Oc2ccc3ccccc3c2-c2c(O[Si](c3ccccc3)(c3ccccc3)c3ccccc3)ccc3ccccc23)(c2ccccc2)c2ccccc2)cc1. The van der Waals surface area contributed by atoms with Crippen LogP contribution in [0.2, 0.25) is 0 Å². The summed E-state index contributed by atoms with van der Waals surface area (Å²) >= 11 is 0. The van der Waals surface area contributed by atoms with E-state index in [1.54, 1.807) is 0 Å². The van der Waals surface area contributed by atoms with Gasteiger partial charge in [-0.1, -0.05) is 243 Å². The van der Waals surface area contributed by atoms with E-state index in [2.05, 4.69) is 255 Å². The van der Waals surface area contributed by atoms with Crippen LogP contribution in [0.1, 0.15) is 0 Å². The van der Waals surface area contributed by atoms with Crippen molar-refractivity contribution in [3.8, 4) is 22.6 Å². The van der Waals surface area contributed by atoms with E-state index in [1.807, 2.05) is 0 Å². The molecule has 0 saturated heterocycles. The fourth-order valence-electron chi connectivity index (χ4n) is 8.91. The van der Waals surface area contributed by atoms with E-state index in [4.69, 9.17) is 8.85 Å². The first-order valence-corrected chi connectivity index (χ1v) is 24.3. The molecule has 0 fully saturated rings. The van der Waals surface area contributed by atoms with Crippen LogP contribution in [-0.2, 0) is 0 Å². The molecule has 0 amide bonds. The molecule has 10 aromatic carbocycles. The summed E-state index contributed by atoms with van der Waals surface area (Å²) in [5, 5.41) is 11.4. The fraction of sp³-hybridized carbons (Fsp3) is 0. The van der Waals surface area contributed by atoms with Crippen molar-refractivity contribution in [2.24, 2.45) is 0 Å². The minimum atomic E-state index is -3.24. The van der Waals surface area contributed by atoms with Crippen LogP contribution >= 0.6 is 0 Å². The Labute approximate surface area is 353 Å². The second-order valence-corrected chi connectivity index (χ2v) is 21.7. The minimum Gasteiger partial charge on any atom is -0.530 e. The summed E-state index contributed by atoms with van der Waals surface area (Å²) in [5.41, 5.74) is 2.02. The Kier molecular flexibility index (Phi) is 10.00. The van der Waals surface area contributed by atoms with Gasteiger partial charge in [-0.2, -0.15) is 0 Å². The summed E-state index contributed by atoms with van der Waals surface area (Å²) in [5.74, 6) is 1.62. The van der Waals surface area contributed by atoms with Crippen LogP contribution in [0.3, 0.4) is 0 Å². The van der Waals surface area contributed by atoms with Crippen molar-refractivity contribution in [3.63, 3.8) is 0 Å². The standard InChI is InChI=1S/C56H42O2Si2/c1-7-25-45(26-8-1)59(46-27-9-2-10-28-46,47-29-11-3-12-30-47)57-53-41-39-43-23-19-21-37-51(43)55(53)56-52-38-22-20-24-44(52)40-42-54(56)58-60(48-31-13-4-14-32-48,49-33-15-5-16-34-49)50-35-17-6-18-36-50/h1-42H. The Balaban J connectivity index is 1.30. The maximum absolute atomic E-state index is 8.04. The van der Waals surface area contributed by atoms with Crippen LogP contribution in [0.25, 0.3) is 32.7 Å². The number of benzene rings is 10. The van der Waals surface area contributed by atoms with E-state index in [-0.39, 0.29) is 0 Å². The second kappa shape index (κ2) is 16.2. The molecule has 0 heterocycles. The second-order valence-electron chi connectivity index (χ2n) is 15.1. The van der Waals surface area contributed by atoms with Gasteiger partial charge < -0.3 is 8.85 Å². The quantitative estimate of drug-likeness (QED) is 0.0959. The molecule has 0 radical (unpaired) electrons. The molecule has 0 spiro atoms. The largest absolute Gasteiger partial charge is 0.530 e. The molecule has 0 atom stereocenters. The zero-order valence-corrected chi connectivity index (χ0v) is 35.1. The number of fused-ring (bicyclic) bond motifs is 2. The van der Waals surface area contributed by atoms with Crippen LogP contribution in [0, 0.1) is 0 Å². The van der Waals surface area contributed by atoms with Gasteiger partial charge in [0.25, 0.3) is 0 Å². The van der Waals surface area contributed by atoms with Gasteiger partial charge in [-0.15, -0.1) is 0 Å². The Morgan fingerprint density at radius 3 is 0.717 bits per heavy atom. The maximum atomic E-state index is 8.04. The normalized spacial score (nSPS) is 11.7. The van der Waals surface area contributed by atoms with E-state index >= 15 is 0 Å². The van der Waals surface area contributed by atoms with Crippen LogP contribution in [0.5, 0.6) is 11.5 Å². The number of rotatable bonds is 11. The zero-order chi connectivity index (χ0) is 40.2. The van der Waals surface area contributed by atoms with Crippen molar-refractivity contribution in [1.29, 1.82) is 0 Å². The van der Waals surface area contributed by atoms with E-state index in [9.17, 15) is 0 Å². The third-order valence-corrected chi connectivity index (χ3v) is 19.6. The molecule has 0 bridgehead atoms. The van der Waals surface area contributed by atoms with Crippen LogP contribution < -0.4 is 40.0 Å². The third kappa shape index (κ3) is 6.53. The fourth-order valence-corrected chi connectivity index (χ4v) is 16.6. The van der Waals surface area contributed by atoms with Crippen molar-refractivity contribution in [1.82, 2.24) is 0 Å². The van der Waals surface area contributed by atoms with Gasteiger partial charge in [0.05, 0.1) is 0 Å². The smallest absolute Gasteiger partial charge is 0.346 e. The average molecular weight is 803 g/mol. The summed E-state index contributed by atoms with van der Waals surface area (Å²) in [4.78, 5) is 0. The highest BCUT2D eigenvalue weighted by atomic mass is 28.4. The van der Waals surface area contributed by atoms with E-state index in [0.717, 1.165) is 44.2 Å². The molecule has 0 N–H and O–H groups in total. The van der Waals surface area contributed by atoms with Gasteiger partial charge in [0, 0.05) is 11.1 Å². The topological polar surface area (TPSA) is 18.5 Å². The van der Waals surface area contributed by atoms with Gasteiger partial charge in [0.15, 0.2) is 0 Å². The molecule has 0 aromatic heterocycles. The monoisotopic (exact) mass is 802 g/mol. The van der Waals surface area contributed by atoms with Gasteiger partial charge in [0.1, 0.15) is 11.5 Å². The molecule has 10 rings (SSSR count). The molecule has 286 valence electrons. The molecular formula is C56H42O2Si2. The van der Waals surface area contributed by atoms with Crippen molar-refractivity contribution < 1.29 is 8.85 Å². The molecular weight excluding hydrogens is 761 g/mol. The first-order chi connectivity index (χ1) is 29.8. The lowest BCUT2D eigenvalue weighted by Gasteiger charge is -2.36. The molecule has 0 unspecified atom stereocenters. The third-order valence-electron chi connectivity index (χ3n) is 11.6. The summed E-state index contributed by atoms with van der Waals surface area (Å²) in [6, 6.07) is 91.0. The highest BCUT2D eigenvalue weighted by Gasteiger charge is 2.46. The Morgan fingerprint density at radius 2 is 0.450 bits per heavy atom. The van der Waals surface area contributed by atoms with Gasteiger partial charge in [0.2, 0.25) is 0 Å². The first kappa shape index (κ1) is 37.1. The molecule has 2 nitrogen and oxygen atoms in total. The van der Waals surface area contributed by atoms with Gasteiger partial charge in [-0.3, -0.25) is 0 Å². The van der Waals surface area contributed by atoms with Gasteiger partial charge in [-0.05, 0) is 64.8 Å². The summed E-state index contributed by atoms with van der Waals surface area (Å²) in [6.07, 6.45) is 0. The lowest BCUT2D eigenvalue weighted by atomic mass is 9.92. The van der Waals surface area contributed by atoms with E-state index < -0.39 is 16.6 Å². The molecule has 0 aliphatic heterocycles. The van der Waals surface area contributed by atoms with Crippen molar-refractivity contribution in [2.45, 2.75) is 0 Å². The predicted molar refractivity (Wildman–Crippen MR) is 256 cm³/mol. The molecule has 0 aliphatic rings. The number of hydrogen-bond acceptors (Lipinski definition) is 2. The average Bonchev–Trinajstić information content (AvgIpc) is 3.34. The van der Waals surface area contributed by atoms with E-state index in [0.29, 0.717) is 0 Å². The lowest BCUT2D eigenvalue weighted by molar-refractivity contribution is 0.572. The molecule has 0 aliphatic carbocycles. The molecule has 10 aromatic rings. The predicted octanol–water partition coefficient (Wildman–Crippen LogP) is 9.75. The summed E-state index contributed by atoms with van der Waals surface area (Å²) < 4.78 is 16.1. The van der Waals surface area contributed by atoms with Crippen molar-refractivity contribution in [3.05, 3.63) is 255 Å². The summed E-state index contributed by atoms with van der Waals surface area (Å²) in [7, 11) is -6.48. The van der Waals surface area contributed by atoms with Crippen molar-refractivity contribution in [2.75, 3.05) is 0 Å². The highest BCUT2D eigenvalue weighted by molar-refractivity contribution is 7.08. The molecule has 60 heavy (non-hydrogen) atoms. The molecule has 0 saturated carbocycles. The minimum absolute atomic E-state index is 0.810. The van der Waals surface area contributed by atoms with Crippen LogP contribution in [0.4, 0.5) is 0 Å². The van der Waals surface area contributed by atoms with Crippen molar-refractivity contribution >= 4 is 69.3 Å². The van der Waals surface area contributed by atoms with Crippen LogP contribution in [0.15, 0.2) is 255 Å². The Morgan fingerprint density at radius 1 is 0.217 bits per heavy atom. The van der Waals surface area contributed by atoms with E-state index in [1.165, 1.54) is 31.1 Å². The lowest BCUT2D eigenvalue weighted by Crippen LogP contribution is -2.71. The number of hydrogen-bond donors (Lipinski definition) is 0. The zero-order valence-electron chi connectivity index (χ0n) is 33.1. The van der Waals surface area contributed by atoms with Crippen LogP contribution in [-0.4, -0.2) is 16.6 Å². The van der Waals surface area contributed by atoms with Gasteiger partial charge in [-0.25, -0.2) is 0 Å². The maximum Gasteiger partial charge on any atom is 0.346 e. The summed E-state index contributed by atoms with van der Waals surface area (Å²) in [6.45, 7) is 0. The first-order valence-electron chi connectivity index (χ1n) is 20.5.